The van der Waals surface area contributed by atoms with Crippen molar-refractivity contribution in [2.75, 3.05) is 18.1 Å². The predicted molar refractivity (Wildman–Crippen MR) is 63.9 cm³/mol. The van der Waals surface area contributed by atoms with Crippen LogP contribution in [0.15, 0.2) is 24.3 Å². The van der Waals surface area contributed by atoms with Crippen LogP contribution in [0.25, 0.3) is 0 Å². The summed E-state index contributed by atoms with van der Waals surface area (Å²) in [5.41, 5.74) is -0.754. The third-order valence-corrected chi connectivity index (χ3v) is 1.92. The molecule has 0 heterocycles. The van der Waals surface area contributed by atoms with Crippen molar-refractivity contribution in [1.29, 1.82) is 0 Å². The first-order chi connectivity index (χ1) is 7.41. The summed E-state index contributed by atoms with van der Waals surface area (Å²) in [5.74, 6) is -0.169. The first kappa shape index (κ1) is 15.5. The molecule has 92 valence electrons. The average Bonchev–Trinajstić information content (AvgIpc) is 2.19. The number of aromatic hydroxyl groups is 1. The van der Waals surface area contributed by atoms with Gasteiger partial charge in [-0.05, 0) is 24.3 Å². The summed E-state index contributed by atoms with van der Waals surface area (Å²) >= 11 is 2.26. The van der Waals surface area contributed by atoms with Gasteiger partial charge in [-0.3, -0.25) is 0 Å². The molecule has 1 aromatic carbocycles. The van der Waals surface area contributed by atoms with Crippen molar-refractivity contribution in [3.63, 3.8) is 0 Å². The summed E-state index contributed by atoms with van der Waals surface area (Å²) in [4.78, 5) is 0. The molecule has 1 aromatic rings. The lowest BCUT2D eigenvalue weighted by molar-refractivity contribution is -0.137. The van der Waals surface area contributed by atoms with Gasteiger partial charge < -0.3 is 9.84 Å². The lowest BCUT2D eigenvalue weighted by Gasteiger charge is -2.04. The van der Waals surface area contributed by atoms with E-state index in [-0.39, 0.29) is 5.75 Å². The van der Waals surface area contributed by atoms with E-state index in [0.29, 0.717) is 0 Å². The highest BCUT2D eigenvalue weighted by molar-refractivity contribution is 14.1. The highest BCUT2D eigenvalue weighted by atomic mass is 127. The third kappa shape index (κ3) is 6.89. The van der Waals surface area contributed by atoms with E-state index in [1.165, 1.54) is 0 Å². The molecule has 0 saturated carbocycles. The molecule has 0 aliphatic heterocycles. The summed E-state index contributed by atoms with van der Waals surface area (Å²) in [5, 5.41) is 8.66. The second-order valence-corrected chi connectivity index (χ2v) is 3.81. The van der Waals surface area contributed by atoms with E-state index < -0.39 is 11.7 Å². The zero-order chi connectivity index (χ0) is 12.6. The van der Waals surface area contributed by atoms with Crippen LogP contribution in [0.1, 0.15) is 5.56 Å². The van der Waals surface area contributed by atoms with E-state index in [2.05, 4.69) is 27.3 Å². The zero-order valence-electron chi connectivity index (χ0n) is 8.59. The summed E-state index contributed by atoms with van der Waals surface area (Å²) < 4.78 is 41.3. The van der Waals surface area contributed by atoms with Crippen LogP contribution in [0.2, 0.25) is 0 Å². The second-order valence-electron chi connectivity index (χ2n) is 2.73. The van der Waals surface area contributed by atoms with Crippen LogP contribution in [0, 0.1) is 0 Å². The Morgan fingerprint density at radius 3 is 2.00 bits per heavy atom. The monoisotopic (exact) mass is 348 g/mol. The number of hydrogen-bond acceptors (Lipinski definition) is 2. The Labute approximate surface area is 106 Å². The average molecular weight is 348 g/mol. The van der Waals surface area contributed by atoms with Gasteiger partial charge in [-0.15, -0.1) is 0 Å². The molecule has 0 unspecified atom stereocenters. The fraction of sp³-hybridized carbons (Fsp3) is 0.400. The molecular weight excluding hydrogens is 336 g/mol. The number of halogens is 4. The Bertz CT molecular complexity index is 283. The van der Waals surface area contributed by atoms with E-state index in [0.717, 1.165) is 35.3 Å². The SMILES string of the molecule is COCCI.Oc1ccc(C(F)(F)F)cc1. The molecule has 6 heteroatoms. The van der Waals surface area contributed by atoms with Crippen molar-refractivity contribution >= 4 is 22.6 Å². The molecule has 0 atom stereocenters. The van der Waals surface area contributed by atoms with Gasteiger partial charge in [-0.2, -0.15) is 13.2 Å². The van der Waals surface area contributed by atoms with Gasteiger partial charge >= 0.3 is 6.18 Å². The van der Waals surface area contributed by atoms with E-state index in [1.807, 2.05) is 0 Å². The maximum Gasteiger partial charge on any atom is 0.416 e. The molecule has 0 aromatic heterocycles. The standard InChI is InChI=1S/C7H5F3O.C3H7IO/c8-7(9,10)5-1-3-6(11)4-2-5;1-5-3-2-4/h1-4,11H;2-3H2,1H3. The van der Waals surface area contributed by atoms with E-state index in [1.54, 1.807) is 7.11 Å². The fourth-order valence-electron chi connectivity index (χ4n) is 0.728. The first-order valence-corrected chi connectivity index (χ1v) is 5.85. The first-order valence-electron chi connectivity index (χ1n) is 4.33. The summed E-state index contributed by atoms with van der Waals surface area (Å²) in [6.45, 7) is 0.876. The zero-order valence-corrected chi connectivity index (χ0v) is 10.7. The lowest BCUT2D eigenvalue weighted by Crippen LogP contribution is -2.03. The number of rotatable bonds is 2. The molecule has 0 amide bonds. The lowest BCUT2D eigenvalue weighted by atomic mass is 10.2. The van der Waals surface area contributed by atoms with Gasteiger partial charge in [0.25, 0.3) is 0 Å². The summed E-state index contributed by atoms with van der Waals surface area (Å²) in [6.07, 6.45) is -4.33. The minimum Gasteiger partial charge on any atom is -0.508 e. The smallest absolute Gasteiger partial charge is 0.416 e. The highest BCUT2D eigenvalue weighted by Gasteiger charge is 2.29. The van der Waals surface area contributed by atoms with Crippen molar-refractivity contribution in [2.24, 2.45) is 0 Å². The number of ether oxygens (including phenoxy) is 1. The van der Waals surface area contributed by atoms with Crippen molar-refractivity contribution in [2.45, 2.75) is 6.18 Å². The number of phenols is 1. The van der Waals surface area contributed by atoms with E-state index in [4.69, 9.17) is 5.11 Å². The van der Waals surface area contributed by atoms with Gasteiger partial charge in [-0.25, -0.2) is 0 Å². The van der Waals surface area contributed by atoms with Crippen LogP contribution in [-0.2, 0) is 10.9 Å². The molecule has 1 N–H and O–H groups in total. The normalized spacial score (nSPS) is 10.6. The van der Waals surface area contributed by atoms with E-state index >= 15 is 0 Å². The van der Waals surface area contributed by atoms with Gasteiger partial charge in [0.05, 0.1) is 12.2 Å². The van der Waals surface area contributed by atoms with Gasteiger partial charge in [0.15, 0.2) is 0 Å². The maximum absolute atomic E-state index is 11.8. The largest absolute Gasteiger partial charge is 0.508 e. The summed E-state index contributed by atoms with van der Waals surface area (Å²) in [6, 6.07) is 3.66. The number of hydrogen-bond donors (Lipinski definition) is 1. The summed E-state index contributed by atoms with van der Waals surface area (Å²) in [7, 11) is 1.71. The molecule has 0 fully saturated rings. The minimum absolute atomic E-state index is 0.169. The van der Waals surface area contributed by atoms with E-state index in [9.17, 15) is 13.2 Å². The number of benzene rings is 1. The molecule has 0 aliphatic rings. The fourth-order valence-corrected chi connectivity index (χ4v) is 1.17. The molecule has 2 nitrogen and oxygen atoms in total. The number of alkyl halides is 4. The van der Waals surface area contributed by atoms with Crippen LogP contribution in [0.4, 0.5) is 13.2 Å². The van der Waals surface area contributed by atoms with Crippen molar-refractivity contribution in [3.05, 3.63) is 29.8 Å². The van der Waals surface area contributed by atoms with Gasteiger partial charge in [0, 0.05) is 11.5 Å². The van der Waals surface area contributed by atoms with Crippen molar-refractivity contribution < 1.29 is 23.0 Å². The van der Waals surface area contributed by atoms with Crippen LogP contribution in [0.3, 0.4) is 0 Å². The van der Waals surface area contributed by atoms with Crippen LogP contribution >= 0.6 is 22.6 Å². The molecule has 0 radical (unpaired) electrons. The van der Waals surface area contributed by atoms with Crippen LogP contribution in [-0.4, -0.2) is 23.3 Å². The van der Waals surface area contributed by atoms with Gasteiger partial charge in [0.2, 0.25) is 0 Å². The Morgan fingerprint density at radius 1 is 1.25 bits per heavy atom. The third-order valence-electron chi connectivity index (χ3n) is 1.48. The molecule has 0 saturated heterocycles. The van der Waals surface area contributed by atoms with Crippen LogP contribution < -0.4 is 0 Å². The maximum atomic E-state index is 11.8. The minimum atomic E-state index is -4.33. The highest BCUT2D eigenvalue weighted by Crippen LogP contribution is 2.29. The number of methoxy groups -OCH3 is 1. The van der Waals surface area contributed by atoms with Gasteiger partial charge in [0.1, 0.15) is 5.75 Å². The second kappa shape index (κ2) is 7.72. The Hall–Kier alpha value is -0.500. The van der Waals surface area contributed by atoms with Crippen molar-refractivity contribution in [1.82, 2.24) is 0 Å². The quantitative estimate of drug-likeness (QED) is 0.655. The molecule has 0 spiro atoms. The van der Waals surface area contributed by atoms with Gasteiger partial charge in [-0.1, -0.05) is 22.6 Å². The molecular formula is C10H12F3IO2. The number of phenolic OH excluding ortho intramolecular Hbond substituents is 1. The Kier molecular flexibility index (Phi) is 7.48. The van der Waals surface area contributed by atoms with Crippen LogP contribution in [0.5, 0.6) is 5.75 Å². The Balaban J connectivity index is 0.000000385. The Morgan fingerprint density at radius 2 is 1.75 bits per heavy atom. The van der Waals surface area contributed by atoms with Crippen molar-refractivity contribution in [3.8, 4) is 5.75 Å². The topological polar surface area (TPSA) is 29.5 Å². The predicted octanol–water partition coefficient (Wildman–Crippen LogP) is 3.48. The molecule has 1 rings (SSSR count). The molecule has 0 bridgehead atoms. The molecule has 16 heavy (non-hydrogen) atoms. The molecule has 0 aliphatic carbocycles.